The maximum absolute atomic E-state index is 10.8. The van der Waals surface area contributed by atoms with Crippen LogP contribution in [0.1, 0.15) is 13.8 Å². The van der Waals surface area contributed by atoms with Gasteiger partial charge in [-0.05, 0) is 13.8 Å². The molecule has 0 fully saturated rings. The van der Waals surface area contributed by atoms with Crippen molar-refractivity contribution >= 4 is 5.91 Å². The van der Waals surface area contributed by atoms with Crippen LogP contribution >= 0.6 is 0 Å². The van der Waals surface area contributed by atoms with Gasteiger partial charge in [-0.25, -0.2) is 0 Å². The van der Waals surface area contributed by atoms with E-state index in [-0.39, 0.29) is 12.5 Å². The summed E-state index contributed by atoms with van der Waals surface area (Å²) in [6.45, 7) is 2.93. The summed E-state index contributed by atoms with van der Waals surface area (Å²) in [5, 5.41) is 17.7. The Kier molecular flexibility index (Phi) is 3.48. The van der Waals surface area contributed by atoms with Crippen molar-refractivity contribution < 1.29 is 15.0 Å². The molecular formula is C7H15NO3. The Balaban J connectivity index is 3.87. The number of carbonyl (C=O) groups is 1. The smallest absolute Gasteiger partial charge is 0.248 e. The number of aliphatic hydroxyl groups is 2. The van der Waals surface area contributed by atoms with Gasteiger partial charge in [-0.15, -0.1) is 0 Å². The minimum atomic E-state index is -0.903. The third kappa shape index (κ3) is 4.75. The number of hydrogen-bond donors (Lipinski definition) is 2. The number of rotatable bonds is 3. The van der Waals surface area contributed by atoms with Gasteiger partial charge in [0.2, 0.25) is 5.91 Å². The maximum atomic E-state index is 10.8. The topological polar surface area (TPSA) is 60.8 Å². The summed E-state index contributed by atoms with van der Waals surface area (Å²) in [5.74, 6) is -0.382. The molecule has 4 nitrogen and oxygen atoms in total. The molecule has 0 spiro atoms. The second-order valence-corrected chi connectivity index (χ2v) is 3.22. The number of hydrogen-bond acceptors (Lipinski definition) is 3. The predicted molar refractivity (Wildman–Crippen MR) is 41.0 cm³/mol. The van der Waals surface area contributed by atoms with Gasteiger partial charge in [0, 0.05) is 13.6 Å². The summed E-state index contributed by atoms with van der Waals surface area (Å²) in [6, 6.07) is 0. The van der Waals surface area contributed by atoms with Gasteiger partial charge in [0.1, 0.15) is 6.61 Å². The van der Waals surface area contributed by atoms with Crippen LogP contribution in [0.4, 0.5) is 0 Å². The van der Waals surface area contributed by atoms with Gasteiger partial charge in [-0.1, -0.05) is 0 Å². The van der Waals surface area contributed by atoms with Crippen LogP contribution in [0.5, 0.6) is 0 Å². The van der Waals surface area contributed by atoms with Gasteiger partial charge < -0.3 is 15.1 Å². The first kappa shape index (κ1) is 10.4. The minimum absolute atomic E-state index is 0.229. The number of nitrogens with zero attached hydrogens (tertiary/aromatic N) is 1. The lowest BCUT2D eigenvalue weighted by molar-refractivity contribution is -0.135. The molecule has 0 saturated heterocycles. The predicted octanol–water partition coefficient (Wildman–Crippen LogP) is -0.792. The van der Waals surface area contributed by atoms with Gasteiger partial charge in [0.05, 0.1) is 5.60 Å². The van der Waals surface area contributed by atoms with E-state index < -0.39 is 12.2 Å². The molecule has 0 heterocycles. The Morgan fingerprint density at radius 3 is 2.27 bits per heavy atom. The Bertz CT molecular complexity index is 139. The standard InChI is InChI=1S/C7H15NO3/c1-7(2,11)5-8(3)6(10)4-9/h9,11H,4-5H2,1-3H3. The molecule has 0 aliphatic heterocycles. The molecule has 0 unspecified atom stereocenters. The van der Waals surface area contributed by atoms with Gasteiger partial charge in [0.15, 0.2) is 0 Å². The molecule has 0 saturated carbocycles. The van der Waals surface area contributed by atoms with E-state index in [1.165, 1.54) is 11.9 Å². The molecule has 0 aromatic heterocycles. The molecule has 1 amide bonds. The summed E-state index contributed by atoms with van der Waals surface area (Å²) < 4.78 is 0. The van der Waals surface area contributed by atoms with E-state index >= 15 is 0 Å². The van der Waals surface area contributed by atoms with Crippen molar-refractivity contribution in [2.45, 2.75) is 19.4 Å². The summed E-state index contributed by atoms with van der Waals surface area (Å²) in [4.78, 5) is 12.0. The number of carbonyl (C=O) groups excluding carboxylic acids is 1. The molecule has 0 bridgehead atoms. The Labute approximate surface area is 66.4 Å². The summed E-state index contributed by atoms with van der Waals surface area (Å²) >= 11 is 0. The summed E-state index contributed by atoms with van der Waals surface area (Å²) in [5.41, 5.74) is -0.903. The van der Waals surface area contributed by atoms with E-state index in [1.54, 1.807) is 13.8 Å². The molecule has 0 radical (unpaired) electrons. The van der Waals surface area contributed by atoms with Crippen LogP contribution in [0.2, 0.25) is 0 Å². The average Bonchev–Trinajstić information content (AvgIpc) is 1.82. The highest BCUT2D eigenvalue weighted by molar-refractivity contribution is 5.76. The largest absolute Gasteiger partial charge is 0.389 e. The molecule has 0 aromatic carbocycles. The van der Waals surface area contributed by atoms with Crippen molar-refractivity contribution in [1.29, 1.82) is 0 Å². The number of aliphatic hydroxyl groups excluding tert-OH is 1. The highest BCUT2D eigenvalue weighted by atomic mass is 16.3. The Morgan fingerprint density at radius 1 is 1.55 bits per heavy atom. The van der Waals surface area contributed by atoms with Crippen molar-refractivity contribution in [2.75, 3.05) is 20.2 Å². The van der Waals surface area contributed by atoms with Crippen molar-refractivity contribution in [2.24, 2.45) is 0 Å². The van der Waals surface area contributed by atoms with Crippen LogP contribution in [0.15, 0.2) is 0 Å². The summed E-state index contributed by atoms with van der Waals surface area (Å²) in [6.07, 6.45) is 0. The lowest BCUT2D eigenvalue weighted by Crippen LogP contribution is -2.40. The van der Waals surface area contributed by atoms with Crippen LogP contribution in [0.25, 0.3) is 0 Å². The molecule has 0 aliphatic rings. The Morgan fingerprint density at radius 2 is 2.00 bits per heavy atom. The fourth-order valence-electron chi connectivity index (χ4n) is 0.789. The number of amides is 1. The first-order valence-electron chi connectivity index (χ1n) is 3.44. The first-order valence-corrected chi connectivity index (χ1v) is 3.44. The van der Waals surface area contributed by atoms with Crippen molar-refractivity contribution in [1.82, 2.24) is 4.90 Å². The zero-order valence-electron chi connectivity index (χ0n) is 7.16. The average molecular weight is 161 g/mol. The van der Waals surface area contributed by atoms with Crippen molar-refractivity contribution in [3.63, 3.8) is 0 Å². The quantitative estimate of drug-likeness (QED) is 0.570. The third-order valence-electron chi connectivity index (χ3n) is 1.19. The molecule has 0 aliphatic carbocycles. The molecule has 11 heavy (non-hydrogen) atoms. The molecule has 0 atom stereocenters. The maximum Gasteiger partial charge on any atom is 0.248 e. The molecular weight excluding hydrogens is 146 g/mol. The van der Waals surface area contributed by atoms with Gasteiger partial charge in [-0.3, -0.25) is 4.79 Å². The van der Waals surface area contributed by atoms with E-state index in [4.69, 9.17) is 5.11 Å². The second-order valence-electron chi connectivity index (χ2n) is 3.22. The zero-order chi connectivity index (χ0) is 9.07. The lowest BCUT2D eigenvalue weighted by atomic mass is 10.1. The normalized spacial score (nSPS) is 11.4. The third-order valence-corrected chi connectivity index (χ3v) is 1.19. The van der Waals surface area contributed by atoms with E-state index in [0.717, 1.165) is 0 Å². The van der Waals surface area contributed by atoms with E-state index in [2.05, 4.69) is 0 Å². The van der Waals surface area contributed by atoms with Crippen LogP contribution in [-0.2, 0) is 4.79 Å². The number of likely N-dealkylation sites (N-methyl/N-ethyl adjacent to an activating group) is 1. The molecule has 66 valence electrons. The fourth-order valence-corrected chi connectivity index (χ4v) is 0.789. The van der Waals surface area contributed by atoms with E-state index in [1.807, 2.05) is 0 Å². The lowest BCUT2D eigenvalue weighted by Gasteiger charge is -2.24. The Hall–Kier alpha value is -0.610. The van der Waals surface area contributed by atoms with Crippen LogP contribution < -0.4 is 0 Å². The highest BCUT2D eigenvalue weighted by Crippen LogP contribution is 2.02. The van der Waals surface area contributed by atoms with Crippen molar-refractivity contribution in [3.8, 4) is 0 Å². The highest BCUT2D eigenvalue weighted by Gasteiger charge is 2.18. The first-order chi connectivity index (χ1) is 4.87. The van der Waals surface area contributed by atoms with Crippen molar-refractivity contribution in [3.05, 3.63) is 0 Å². The zero-order valence-corrected chi connectivity index (χ0v) is 7.16. The molecule has 4 heteroatoms. The second kappa shape index (κ2) is 3.69. The molecule has 0 aromatic rings. The monoisotopic (exact) mass is 161 g/mol. The summed E-state index contributed by atoms with van der Waals surface area (Å²) in [7, 11) is 1.54. The van der Waals surface area contributed by atoms with Gasteiger partial charge in [-0.2, -0.15) is 0 Å². The molecule has 0 rings (SSSR count). The van der Waals surface area contributed by atoms with E-state index in [0.29, 0.717) is 0 Å². The minimum Gasteiger partial charge on any atom is -0.389 e. The SMILES string of the molecule is CN(CC(C)(C)O)C(=O)CO. The van der Waals surface area contributed by atoms with Crippen LogP contribution in [-0.4, -0.2) is 46.8 Å². The van der Waals surface area contributed by atoms with Crippen LogP contribution in [0.3, 0.4) is 0 Å². The van der Waals surface area contributed by atoms with Gasteiger partial charge in [0.25, 0.3) is 0 Å². The van der Waals surface area contributed by atoms with Crippen LogP contribution in [0, 0.1) is 0 Å². The fraction of sp³-hybridized carbons (Fsp3) is 0.857. The van der Waals surface area contributed by atoms with E-state index in [9.17, 15) is 9.90 Å². The molecule has 2 N–H and O–H groups in total. The van der Waals surface area contributed by atoms with Gasteiger partial charge >= 0.3 is 0 Å².